The molecule has 0 atom stereocenters. The van der Waals surface area contributed by atoms with Gasteiger partial charge >= 0.3 is 0 Å². The monoisotopic (exact) mass is 350 g/mol. The number of piperazine rings is 1. The molecular weight excluding hydrogens is 332 g/mol. The minimum absolute atomic E-state index is 0.258. The quantitative estimate of drug-likeness (QED) is 0.853. The zero-order chi connectivity index (χ0) is 16.4. The fraction of sp³-hybridized carbons (Fsp3) is 0.294. The zero-order valence-corrected chi connectivity index (χ0v) is 14.5. The number of nitrogens with zero attached hydrogens (tertiary/aromatic N) is 2. The van der Waals surface area contributed by atoms with Gasteiger partial charge in [0.05, 0.1) is 4.90 Å². The van der Waals surface area contributed by atoms with Crippen LogP contribution in [0.1, 0.15) is 5.56 Å². The maximum absolute atomic E-state index is 12.7. The van der Waals surface area contributed by atoms with Crippen molar-refractivity contribution in [1.82, 2.24) is 4.31 Å². The van der Waals surface area contributed by atoms with E-state index in [9.17, 15) is 8.42 Å². The summed E-state index contributed by atoms with van der Waals surface area (Å²) in [6.45, 7) is 4.38. The third kappa shape index (κ3) is 3.52. The first-order chi connectivity index (χ1) is 11.0. The van der Waals surface area contributed by atoms with E-state index in [4.69, 9.17) is 11.6 Å². The number of aryl methyl sites for hydroxylation is 1. The summed E-state index contributed by atoms with van der Waals surface area (Å²) in [5, 5.41) is 0.435. The van der Waals surface area contributed by atoms with E-state index in [1.165, 1.54) is 15.9 Å². The lowest BCUT2D eigenvalue weighted by atomic mass is 10.2. The Morgan fingerprint density at radius 1 is 0.957 bits per heavy atom. The molecule has 122 valence electrons. The van der Waals surface area contributed by atoms with Crippen molar-refractivity contribution in [2.45, 2.75) is 11.8 Å². The minimum atomic E-state index is -3.48. The molecule has 4 nitrogen and oxygen atoms in total. The highest BCUT2D eigenvalue weighted by molar-refractivity contribution is 7.89. The summed E-state index contributed by atoms with van der Waals surface area (Å²) in [6.07, 6.45) is 0. The third-order valence-corrected chi connectivity index (χ3v) is 6.17. The first-order valence-electron chi connectivity index (χ1n) is 7.54. The average Bonchev–Trinajstić information content (AvgIpc) is 2.55. The molecule has 2 aromatic rings. The lowest BCUT2D eigenvalue weighted by Gasteiger charge is -2.35. The number of hydrogen-bond donors (Lipinski definition) is 0. The number of benzene rings is 2. The van der Waals surface area contributed by atoms with Crippen LogP contribution < -0.4 is 4.90 Å². The molecule has 2 aromatic carbocycles. The Bertz CT molecular complexity index is 800. The highest BCUT2D eigenvalue weighted by Gasteiger charge is 2.28. The van der Waals surface area contributed by atoms with Gasteiger partial charge in [-0.3, -0.25) is 0 Å². The summed E-state index contributed by atoms with van der Waals surface area (Å²) in [5.41, 5.74) is 2.35. The Kier molecular flexibility index (Phi) is 4.62. The van der Waals surface area contributed by atoms with Gasteiger partial charge in [0.1, 0.15) is 0 Å². The number of hydrogen-bond acceptors (Lipinski definition) is 3. The predicted molar refractivity (Wildman–Crippen MR) is 93.6 cm³/mol. The van der Waals surface area contributed by atoms with E-state index in [-0.39, 0.29) is 4.90 Å². The second-order valence-corrected chi connectivity index (χ2v) is 8.06. The Morgan fingerprint density at radius 2 is 1.65 bits per heavy atom. The largest absolute Gasteiger partial charge is 0.369 e. The molecule has 0 amide bonds. The molecule has 0 radical (unpaired) electrons. The van der Waals surface area contributed by atoms with Crippen LogP contribution in [-0.2, 0) is 10.0 Å². The van der Waals surface area contributed by atoms with Crippen molar-refractivity contribution >= 4 is 27.3 Å². The van der Waals surface area contributed by atoms with Crippen LogP contribution in [0.4, 0.5) is 5.69 Å². The first-order valence-corrected chi connectivity index (χ1v) is 9.36. The molecule has 1 fully saturated rings. The molecule has 1 aliphatic heterocycles. The van der Waals surface area contributed by atoms with Gasteiger partial charge in [0.25, 0.3) is 0 Å². The number of anilines is 1. The van der Waals surface area contributed by atoms with Gasteiger partial charge in [0, 0.05) is 36.9 Å². The standard InChI is InChI=1S/C17H19ClN2O2S/c1-14-4-2-6-16(12-14)19-8-10-20(11-9-19)23(21,22)17-7-3-5-15(18)13-17/h2-7,12-13H,8-11H2,1H3. The fourth-order valence-corrected chi connectivity index (χ4v) is 4.51. The fourth-order valence-electron chi connectivity index (χ4n) is 2.79. The molecule has 6 heteroatoms. The molecule has 0 spiro atoms. The number of sulfonamides is 1. The van der Waals surface area contributed by atoms with Gasteiger partial charge in [0.15, 0.2) is 0 Å². The molecule has 3 rings (SSSR count). The minimum Gasteiger partial charge on any atom is -0.369 e. The van der Waals surface area contributed by atoms with E-state index in [2.05, 4.69) is 30.0 Å². The van der Waals surface area contributed by atoms with Gasteiger partial charge in [-0.2, -0.15) is 4.31 Å². The SMILES string of the molecule is Cc1cccc(N2CCN(S(=O)(=O)c3cccc(Cl)c3)CC2)c1. The van der Waals surface area contributed by atoms with E-state index < -0.39 is 10.0 Å². The van der Waals surface area contributed by atoms with Crippen molar-refractivity contribution in [2.24, 2.45) is 0 Å². The smallest absolute Gasteiger partial charge is 0.243 e. The maximum atomic E-state index is 12.7. The molecule has 0 N–H and O–H groups in total. The van der Waals surface area contributed by atoms with Crippen LogP contribution in [0.3, 0.4) is 0 Å². The first kappa shape index (κ1) is 16.3. The van der Waals surface area contributed by atoms with Crippen molar-refractivity contribution in [3.8, 4) is 0 Å². The second-order valence-electron chi connectivity index (χ2n) is 5.69. The van der Waals surface area contributed by atoms with Gasteiger partial charge in [-0.05, 0) is 42.8 Å². The normalized spacial score (nSPS) is 16.5. The maximum Gasteiger partial charge on any atom is 0.243 e. The zero-order valence-electron chi connectivity index (χ0n) is 12.9. The van der Waals surface area contributed by atoms with Gasteiger partial charge in [-0.15, -0.1) is 0 Å². The molecule has 1 heterocycles. The summed E-state index contributed by atoms with van der Waals surface area (Å²) < 4.78 is 26.9. The van der Waals surface area contributed by atoms with Gasteiger partial charge in [-0.25, -0.2) is 8.42 Å². The van der Waals surface area contributed by atoms with E-state index in [0.29, 0.717) is 31.2 Å². The highest BCUT2D eigenvalue weighted by Crippen LogP contribution is 2.23. The average molecular weight is 351 g/mol. The highest BCUT2D eigenvalue weighted by atomic mass is 35.5. The summed E-state index contributed by atoms with van der Waals surface area (Å²) in [7, 11) is -3.48. The Hall–Kier alpha value is -1.56. The lowest BCUT2D eigenvalue weighted by Crippen LogP contribution is -2.48. The lowest BCUT2D eigenvalue weighted by molar-refractivity contribution is 0.385. The molecule has 23 heavy (non-hydrogen) atoms. The molecule has 0 aliphatic carbocycles. The molecule has 0 saturated carbocycles. The number of halogens is 1. The summed E-state index contributed by atoms with van der Waals surface area (Å²) in [5.74, 6) is 0. The molecule has 0 bridgehead atoms. The van der Waals surface area contributed by atoms with E-state index in [1.807, 2.05) is 6.07 Å². The molecule has 0 aromatic heterocycles. The van der Waals surface area contributed by atoms with Crippen LogP contribution in [0.2, 0.25) is 5.02 Å². The Labute approximate surface area is 142 Å². The van der Waals surface area contributed by atoms with Crippen molar-refractivity contribution in [3.63, 3.8) is 0 Å². The van der Waals surface area contributed by atoms with Crippen molar-refractivity contribution in [1.29, 1.82) is 0 Å². The van der Waals surface area contributed by atoms with Crippen LogP contribution in [0.25, 0.3) is 0 Å². The van der Waals surface area contributed by atoms with E-state index in [1.54, 1.807) is 18.2 Å². The number of rotatable bonds is 3. The van der Waals surface area contributed by atoms with Crippen LogP contribution in [0.5, 0.6) is 0 Å². The van der Waals surface area contributed by atoms with E-state index >= 15 is 0 Å². The second kappa shape index (κ2) is 6.51. The summed E-state index contributed by atoms with van der Waals surface area (Å²) in [6, 6.07) is 14.7. The van der Waals surface area contributed by atoms with Crippen LogP contribution in [0, 0.1) is 6.92 Å². The topological polar surface area (TPSA) is 40.6 Å². The molecular formula is C17H19ClN2O2S. The summed E-state index contributed by atoms with van der Waals surface area (Å²) in [4.78, 5) is 2.48. The molecule has 1 aliphatic rings. The van der Waals surface area contributed by atoms with Crippen molar-refractivity contribution in [2.75, 3.05) is 31.1 Å². The molecule has 1 saturated heterocycles. The van der Waals surface area contributed by atoms with Gasteiger partial charge in [0.2, 0.25) is 10.0 Å². The van der Waals surface area contributed by atoms with Gasteiger partial charge in [-0.1, -0.05) is 29.8 Å². The Balaban J connectivity index is 1.73. The van der Waals surface area contributed by atoms with Crippen LogP contribution in [0.15, 0.2) is 53.4 Å². The van der Waals surface area contributed by atoms with Crippen LogP contribution >= 0.6 is 11.6 Å². The Morgan fingerprint density at radius 3 is 2.30 bits per heavy atom. The van der Waals surface area contributed by atoms with Crippen molar-refractivity contribution in [3.05, 3.63) is 59.1 Å². The predicted octanol–water partition coefficient (Wildman–Crippen LogP) is 3.16. The van der Waals surface area contributed by atoms with Gasteiger partial charge < -0.3 is 4.90 Å². The molecule has 0 unspecified atom stereocenters. The third-order valence-electron chi connectivity index (χ3n) is 4.04. The van der Waals surface area contributed by atoms with Crippen LogP contribution in [-0.4, -0.2) is 38.9 Å². The van der Waals surface area contributed by atoms with Crippen molar-refractivity contribution < 1.29 is 8.42 Å². The van der Waals surface area contributed by atoms with E-state index in [0.717, 1.165) is 5.69 Å². The summed E-state index contributed by atoms with van der Waals surface area (Å²) >= 11 is 5.92.